The Bertz CT molecular complexity index is 782. The highest BCUT2D eigenvalue weighted by Gasteiger charge is 2.26. The number of thiophene rings is 1. The van der Waals surface area contributed by atoms with E-state index in [4.69, 9.17) is 0 Å². The minimum absolute atomic E-state index is 0.0923. The zero-order valence-electron chi connectivity index (χ0n) is 15.5. The summed E-state index contributed by atoms with van der Waals surface area (Å²) >= 11 is 1.42. The summed E-state index contributed by atoms with van der Waals surface area (Å²) in [6.45, 7) is 3.00. The fourth-order valence-corrected chi connectivity index (χ4v) is 3.57. The fraction of sp³-hybridized carbons (Fsp3) is 0.400. The minimum atomic E-state index is -0.107. The highest BCUT2D eigenvalue weighted by Crippen LogP contribution is 2.31. The summed E-state index contributed by atoms with van der Waals surface area (Å²) in [4.78, 5) is 29.0. The van der Waals surface area contributed by atoms with E-state index in [1.807, 2.05) is 59.6 Å². The van der Waals surface area contributed by atoms with Gasteiger partial charge in [0, 0.05) is 45.5 Å². The maximum atomic E-state index is 12.3. The maximum absolute atomic E-state index is 12.3. The van der Waals surface area contributed by atoms with Gasteiger partial charge in [-0.1, -0.05) is 6.07 Å². The smallest absolute Gasteiger partial charge is 0.265 e. The van der Waals surface area contributed by atoms with Crippen molar-refractivity contribution < 1.29 is 9.59 Å². The van der Waals surface area contributed by atoms with Crippen molar-refractivity contribution in [3.8, 4) is 0 Å². The molecule has 1 aromatic heterocycles. The van der Waals surface area contributed by atoms with Gasteiger partial charge >= 0.3 is 0 Å². The van der Waals surface area contributed by atoms with Crippen LogP contribution in [0.25, 0.3) is 0 Å². The minimum Gasteiger partial charge on any atom is -0.377 e. The van der Waals surface area contributed by atoms with E-state index < -0.39 is 0 Å². The Morgan fingerprint density at radius 2 is 2.00 bits per heavy atom. The number of hydrogen-bond acceptors (Lipinski definition) is 4. The van der Waals surface area contributed by atoms with Crippen LogP contribution < -0.4 is 10.2 Å². The summed E-state index contributed by atoms with van der Waals surface area (Å²) < 4.78 is 0. The SMILES string of the molecule is CC(=O)N(Cc1cc(NC(=O)c2cccs2)ccc1N(C)C)CC1CC1. The number of carbonyl (C=O) groups is 2. The Morgan fingerprint density at radius 1 is 1.23 bits per heavy atom. The Kier molecular flexibility index (Phi) is 5.61. The molecule has 1 heterocycles. The number of hydrogen-bond donors (Lipinski definition) is 1. The molecule has 0 saturated heterocycles. The largest absolute Gasteiger partial charge is 0.377 e. The molecule has 1 aliphatic carbocycles. The topological polar surface area (TPSA) is 52.7 Å². The molecule has 1 N–H and O–H groups in total. The Morgan fingerprint density at radius 3 is 2.58 bits per heavy atom. The van der Waals surface area contributed by atoms with Gasteiger partial charge in [0.2, 0.25) is 5.91 Å². The lowest BCUT2D eigenvalue weighted by molar-refractivity contribution is -0.129. The van der Waals surface area contributed by atoms with E-state index >= 15 is 0 Å². The van der Waals surface area contributed by atoms with Gasteiger partial charge in [-0.15, -0.1) is 11.3 Å². The van der Waals surface area contributed by atoms with E-state index in [2.05, 4.69) is 5.32 Å². The van der Waals surface area contributed by atoms with Crippen LogP contribution in [0, 0.1) is 5.92 Å². The van der Waals surface area contributed by atoms with Crippen LogP contribution in [0.15, 0.2) is 35.7 Å². The summed E-state index contributed by atoms with van der Waals surface area (Å²) in [6, 6.07) is 9.55. The molecule has 0 atom stereocenters. The van der Waals surface area contributed by atoms with Crippen LogP contribution in [-0.2, 0) is 11.3 Å². The highest BCUT2D eigenvalue weighted by atomic mass is 32.1. The van der Waals surface area contributed by atoms with Crippen molar-refractivity contribution in [1.29, 1.82) is 0 Å². The first-order valence-electron chi connectivity index (χ1n) is 8.84. The summed E-state index contributed by atoms with van der Waals surface area (Å²) in [6.07, 6.45) is 2.42. The number of nitrogens with one attached hydrogen (secondary N) is 1. The average Bonchev–Trinajstić information content (AvgIpc) is 3.23. The van der Waals surface area contributed by atoms with Crippen molar-refractivity contribution in [3.05, 3.63) is 46.2 Å². The molecular formula is C20H25N3O2S. The van der Waals surface area contributed by atoms with Crippen molar-refractivity contribution in [1.82, 2.24) is 4.90 Å². The van der Waals surface area contributed by atoms with Crippen molar-refractivity contribution in [3.63, 3.8) is 0 Å². The zero-order chi connectivity index (χ0) is 18.7. The summed E-state index contributed by atoms with van der Waals surface area (Å²) in [5.74, 6) is 0.628. The molecule has 6 heteroatoms. The second-order valence-electron chi connectivity index (χ2n) is 7.01. The third kappa shape index (κ3) is 4.64. The number of nitrogens with zero attached hydrogens (tertiary/aromatic N) is 2. The lowest BCUT2D eigenvalue weighted by Gasteiger charge is -2.25. The number of benzene rings is 1. The molecule has 138 valence electrons. The number of carbonyl (C=O) groups excluding carboxylic acids is 2. The first-order valence-corrected chi connectivity index (χ1v) is 9.72. The Labute approximate surface area is 158 Å². The fourth-order valence-electron chi connectivity index (χ4n) is 2.95. The molecule has 0 aliphatic heterocycles. The summed E-state index contributed by atoms with van der Waals surface area (Å²) in [5.41, 5.74) is 2.84. The van der Waals surface area contributed by atoms with Gasteiger partial charge in [0.25, 0.3) is 5.91 Å². The second kappa shape index (κ2) is 7.91. The number of anilines is 2. The molecule has 0 radical (unpaired) electrons. The van der Waals surface area contributed by atoms with E-state index in [0.29, 0.717) is 17.3 Å². The summed E-state index contributed by atoms with van der Waals surface area (Å²) in [5, 5.41) is 4.84. The van der Waals surface area contributed by atoms with Crippen LogP contribution in [0.2, 0.25) is 0 Å². The standard InChI is InChI=1S/C20H25N3O2S/c1-14(24)23(12-15-6-7-15)13-16-11-17(8-9-18(16)22(2)3)21-20(25)19-5-4-10-26-19/h4-5,8-11,15H,6-7,12-13H2,1-3H3,(H,21,25). The molecule has 0 unspecified atom stereocenters. The van der Waals surface area contributed by atoms with Crippen LogP contribution in [0.1, 0.15) is 35.0 Å². The van der Waals surface area contributed by atoms with Crippen molar-refractivity contribution in [2.45, 2.75) is 26.3 Å². The molecule has 0 bridgehead atoms. The second-order valence-corrected chi connectivity index (χ2v) is 7.96. The predicted molar refractivity (Wildman–Crippen MR) is 107 cm³/mol. The van der Waals surface area contributed by atoms with Crippen LogP contribution in [0.5, 0.6) is 0 Å². The Hall–Kier alpha value is -2.34. The lowest BCUT2D eigenvalue weighted by Crippen LogP contribution is -2.31. The maximum Gasteiger partial charge on any atom is 0.265 e. The first kappa shape index (κ1) is 18.5. The molecule has 1 saturated carbocycles. The Balaban J connectivity index is 1.81. The summed E-state index contributed by atoms with van der Waals surface area (Å²) in [7, 11) is 3.98. The van der Waals surface area contributed by atoms with Gasteiger partial charge in [0.05, 0.1) is 4.88 Å². The average molecular weight is 372 g/mol. The van der Waals surface area contributed by atoms with Gasteiger partial charge in [-0.2, -0.15) is 0 Å². The van der Waals surface area contributed by atoms with Crippen molar-refractivity contribution >= 4 is 34.5 Å². The van der Waals surface area contributed by atoms with E-state index in [9.17, 15) is 9.59 Å². The number of amides is 2. The molecule has 2 amide bonds. The lowest BCUT2D eigenvalue weighted by atomic mass is 10.1. The molecule has 1 aromatic carbocycles. The van der Waals surface area contributed by atoms with Gasteiger partial charge in [0.1, 0.15) is 0 Å². The van der Waals surface area contributed by atoms with Crippen LogP contribution in [0.3, 0.4) is 0 Å². The highest BCUT2D eigenvalue weighted by molar-refractivity contribution is 7.12. The van der Waals surface area contributed by atoms with Crippen LogP contribution in [0.4, 0.5) is 11.4 Å². The van der Waals surface area contributed by atoms with Crippen molar-refractivity contribution in [2.75, 3.05) is 30.9 Å². The molecule has 26 heavy (non-hydrogen) atoms. The van der Waals surface area contributed by atoms with Crippen molar-refractivity contribution in [2.24, 2.45) is 5.92 Å². The quantitative estimate of drug-likeness (QED) is 0.805. The number of rotatable bonds is 7. The van der Waals surface area contributed by atoms with E-state index in [1.165, 1.54) is 24.2 Å². The third-order valence-electron chi connectivity index (χ3n) is 4.55. The molecule has 5 nitrogen and oxygen atoms in total. The monoisotopic (exact) mass is 371 g/mol. The molecule has 1 aliphatic rings. The molecular weight excluding hydrogens is 346 g/mol. The van der Waals surface area contributed by atoms with Gasteiger partial charge in [-0.3, -0.25) is 9.59 Å². The molecule has 3 rings (SSSR count). The predicted octanol–water partition coefficient (Wildman–Crippen LogP) is 3.82. The van der Waals surface area contributed by atoms with Gasteiger partial charge < -0.3 is 15.1 Å². The van der Waals surface area contributed by atoms with E-state index in [0.717, 1.165) is 23.5 Å². The third-order valence-corrected chi connectivity index (χ3v) is 5.41. The molecule has 1 fully saturated rings. The van der Waals surface area contributed by atoms with Gasteiger partial charge in [-0.05, 0) is 54.0 Å². The van der Waals surface area contributed by atoms with E-state index in [-0.39, 0.29) is 11.8 Å². The van der Waals surface area contributed by atoms with Crippen LogP contribution in [-0.4, -0.2) is 37.4 Å². The molecule has 0 spiro atoms. The van der Waals surface area contributed by atoms with Gasteiger partial charge in [0.15, 0.2) is 0 Å². The van der Waals surface area contributed by atoms with Gasteiger partial charge in [-0.25, -0.2) is 0 Å². The normalized spacial score (nSPS) is 13.3. The zero-order valence-corrected chi connectivity index (χ0v) is 16.3. The molecule has 2 aromatic rings. The first-order chi connectivity index (χ1) is 12.4. The van der Waals surface area contributed by atoms with Crippen LogP contribution >= 0.6 is 11.3 Å². The van der Waals surface area contributed by atoms with E-state index in [1.54, 1.807) is 6.92 Å².